The van der Waals surface area contributed by atoms with E-state index in [2.05, 4.69) is 23.5 Å². The summed E-state index contributed by atoms with van der Waals surface area (Å²) in [4.78, 5) is 0. The lowest BCUT2D eigenvalue weighted by Crippen LogP contribution is -2.27. The lowest BCUT2D eigenvalue weighted by atomic mass is 10.1. The van der Waals surface area contributed by atoms with Gasteiger partial charge in [0.1, 0.15) is 5.84 Å². The van der Waals surface area contributed by atoms with Gasteiger partial charge < -0.3 is 16.3 Å². The minimum absolute atomic E-state index is 0.00918. The number of nitrogens with one attached hydrogen (secondary N) is 1. The van der Waals surface area contributed by atoms with Crippen LogP contribution in [0.4, 0.5) is 5.69 Å². The highest BCUT2D eigenvalue weighted by Crippen LogP contribution is 2.15. The molecule has 0 bridgehead atoms. The van der Waals surface area contributed by atoms with E-state index < -0.39 is 0 Å². The fraction of sp³-hybridized carbons (Fsp3) is 0.417. The average molecular weight is 221 g/mol. The Morgan fingerprint density at radius 3 is 2.81 bits per heavy atom. The second kappa shape index (κ2) is 6.00. The molecule has 0 heterocycles. The van der Waals surface area contributed by atoms with Crippen molar-refractivity contribution < 1.29 is 5.21 Å². The zero-order valence-electron chi connectivity index (χ0n) is 9.77. The molecular formula is C12H19N3O. The van der Waals surface area contributed by atoms with Gasteiger partial charge in [-0.3, -0.25) is 0 Å². The van der Waals surface area contributed by atoms with E-state index in [1.54, 1.807) is 0 Å². The summed E-state index contributed by atoms with van der Waals surface area (Å²) >= 11 is 0. The molecule has 1 aromatic carbocycles. The first-order chi connectivity index (χ1) is 7.69. The molecule has 0 aliphatic carbocycles. The van der Waals surface area contributed by atoms with Gasteiger partial charge in [-0.2, -0.15) is 0 Å². The first-order valence-electron chi connectivity index (χ1n) is 5.48. The molecule has 0 aliphatic rings. The van der Waals surface area contributed by atoms with Crippen LogP contribution in [0, 0.1) is 5.92 Å². The van der Waals surface area contributed by atoms with Gasteiger partial charge in [-0.1, -0.05) is 37.2 Å². The molecule has 0 fully saturated rings. The predicted octanol–water partition coefficient (Wildman–Crippen LogP) is 2.04. The van der Waals surface area contributed by atoms with E-state index in [1.165, 1.54) is 5.56 Å². The van der Waals surface area contributed by atoms with Crippen LogP contribution in [-0.2, 0) is 6.42 Å². The summed E-state index contributed by atoms with van der Waals surface area (Å²) in [6, 6.07) is 8.15. The summed E-state index contributed by atoms with van der Waals surface area (Å²) in [5.74, 6) is 0.261. The molecule has 4 N–H and O–H groups in total. The molecule has 0 radical (unpaired) electrons. The largest absolute Gasteiger partial charge is 0.409 e. The maximum Gasteiger partial charge on any atom is 0.143 e. The molecule has 4 heteroatoms. The third-order valence-corrected chi connectivity index (χ3v) is 2.62. The maximum absolute atomic E-state index is 8.54. The topological polar surface area (TPSA) is 70.6 Å². The summed E-state index contributed by atoms with van der Waals surface area (Å²) in [7, 11) is 0. The number of anilines is 1. The standard InChI is InChI=1S/C12H19N3O/c1-3-10-6-4-5-7-11(10)14-8-9(2)12(13)15-16/h4-7,9,14,16H,3,8H2,1-2H3,(H2,13,15). The molecule has 0 spiro atoms. The molecule has 0 saturated heterocycles. The van der Waals surface area contributed by atoms with E-state index >= 15 is 0 Å². The highest BCUT2D eigenvalue weighted by Gasteiger charge is 2.07. The monoisotopic (exact) mass is 221 g/mol. The Kier molecular flexibility index (Phi) is 4.64. The second-order valence-electron chi connectivity index (χ2n) is 3.82. The van der Waals surface area contributed by atoms with Crippen LogP contribution in [0.15, 0.2) is 29.4 Å². The van der Waals surface area contributed by atoms with Crippen LogP contribution in [0.1, 0.15) is 19.4 Å². The number of nitrogens with two attached hydrogens (primary N) is 1. The van der Waals surface area contributed by atoms with E-state index in [-0.39, 0.29) is 11.8 Å². The normalized spacial score (nSPS) is 13.5. The summed E-state index contributed by atoms with van der Waals surface area (Å²) in [5, 5.41) is 14.8. The third kappa shape index (κ3) is 3.15. The molecule has 1 aromatic rings. The summed E-state index contributed by atoms with van der Waals surface area (Å²) in [5.41, 5.74) is 7.90. The molecule has 0 amide bonds. The van der Waals surface area contributed by atoms with E-state index in [0.29, 0.717) is 6.54 Å². The van der Waals surface area contributed by atoms with Crippen LogP contribution in [-0.4, -0.2) is 17.6 Å². The molecule has 4 nitrogen and oxygen atoms in total. The number of oxime groups is 1. The number of aryl methyl sites for hydroxylation is 1. The number of hydrogen-bond donors (Lipinski definition) is 3. The van der Waals surface area contributed by atoms with Gasteiger partial charge >= 0.3 is 0 Å². The van der Waals surface area contributed by atoms with Gasteiger partial charge in [0.05, 0.1) is 0 Å². The number of rotatable bonds is 5. The van der Waals surface area contributed by atoms with Crippen molar-refractivity contribution in [3.63, 3.8) is 0 Å². The SMILES string of the molecule is CCc1ccccc1NCC(C)C(N)=NO. The zero-order valence-corrected chi connectivity index (χ0v) is 9.77. The van der Waals surface area contributed by atoms with Crippen LogP contribution in [0.2, 0.25) is 0 Å². The lowest BCUT2D eigenvalue weighted by Gasteiger charge is -2.14. The fourth-order valence-corrected chi connectivity index (χ4v) is 1.47. The van der Waals surface area contributed by atoms with Crippen molar-refractivity contribution in [1.29, 1.82) is 0 Å². The Bertz CT molecular complexity index is 363. The minimum Gasteiger partial charge on any atom is -0.409 e. The maximum atomic E-state index is 8.54. The number of benzene rings is 1. The van der Waals surface area contributed by atoms with Gasteiger partial charge in [0.2, 0.25) is 0 Å². The summed E-state index contributed by atoms with van der Waals surface area (Å²) in [6.07, 6.45) is 0.987. The van der Waals surface area contributed by atoms with Crippen molar-refractivity contribution >= 4 is 11.5 Å². The van der Waals surface area contributed by atoms with Crippen molar-refractivity contribution in [3.8, 4) is 0 Å². The van der Waals surface area contributed by atoms with Crippen LogP contribution in [0.5, 0.6) is 0 Å². The van der Waals surface area contributed by atoms with Crippen molar-refractivity contribution in [3.05, 3.63) is 29.8 Å². The van der Waals surface area contributed by atoms with E-state index in [4.69, 9.17) is 10.9 Å². The Morgan fingerprint density at radius 2 is 2.19 bits per heavy atom. The third-order valence-electron chi connectivity index (χ3n) is 2.62. The number of nitrogens with zero attached hydrogens (tertiary/aromatic N) is 1. The van der Waals surface area contributed by atoms with Gasteiger partial charge in [-0.15, -0.1) is 0 Å². The molecule has 1 unspecified atom stereocenters. The lowest BCUT2D eigenvalue weighted by molar-refractivity contribution is 0.315. The predicted molar refractivity (Wildman–Crippen MR) is 66.9 cm³/mol. The minimum atomic E-state index is 0.00918. The number of amidine groups is 1. The van der Waals surface area contributed by atoms with Crippen LogP contribution >= 0.6 is 0 Å². The number of hydrogen-bond acceptors (Lipinski definition) is 3. The Balaban J connectivity index is 2.61. The number of para-hydroxylation sites is 1. The highest BCUT2D eigenvalue weighted by molar-refractivity contribution is 5.82. The average Bonchev–Trinajstić information content (AvgIpc) is 2.35. The van der Waals surface area contributed by atoms with Gasteiger partial charge in [0.15, 0.2) is 0 Å². The van der Waals surface area contributed by atoms with Gasteiger partial charge in [0.25, 0.3) is 0 Å². The molecule has 0 aromatic heterocycles. The first kappa shape index (κ1) is 12.4. The van der Waals surface area contributed by atoms with Crippen molar-refractivity contribution in [1.82, 2.24) is 0 Å². The van der Waals surface area contributed by atoms with Crippen molar-refractivity contribution in [2.24, 2.45) is 16.8 Å². The molecule has 0 saturated carbocycles. The van der Waals surface area contributed by atoms with Gasteiger partial charge in [0, 0.05) is 18.2 Å². The molecule has 1 rings (SSSR count). The van der Waals surface area contributed by atoms with Crippen LogP contribution in [0.25, 0.3) is 0 Å². The quantitative estimate of drug-likeness (QED) is 0.308. The van der Waals surface area contributed by atoms with E-state index in [1.807, 2.05) is 25.1 Å². The van der Waals surface area contributed by atoms with Crippen LogP contribution < -0.4 is 11.1 Å². The zero-order chi connectivity index (χ0) is 12.0. The summed E-state index contributed by atoms with van der Waals surface area (Å²) < 4.78 is 0. The Labute approximate surface area is 96.2 Å². The Morgan fingerprint density at radius 1 is 1.50 bits per heavy atom. The van der Waals surface area contributed by atoms with Crippen molar-refractivity contribution in [2.45, 2.75) is 20.3 Å². The van der Waals surface area contributed by atoms with Gasteiger partial charge in [-0.05, 0) is 18.1 Å². The molecule has 88 valence electrons. The van der Waals surface area contributed by atoms with Gasteiger partial charge in [-0.25, -0.2) is 0 Å². The van der Waals surface area contributed by atoms with Crippen LogP contribution in [0.3, 0.4) is 0 Å². The van der Waals surface area contributed by atoms with E-state index in [0.717, 1.165) is 12.1 Å². The van der Waals surface area contributed by atoms with E-state index in [9.17, 15) is 0 Å². The van der Waals surface area contributed by atoms with Crippen molar-refractivity contribution in [2.75, 3.05) is 11.9 Å². The summed E-state index contributed by atoms with van der Waals surface area (Å²) in [6.45, 7) is 4.69. The Hall–Kier alpha value is -1.71. The first-order valence-corrected chi connectivity index (χ1v) is 5.48. The molecule has 16 heavy (non-hydrogen) atoms. The molecular weight excluding hydrogens is 202 g/mol. The molecule has 1 atom stereocenters. The second-order valence-corrected chi connectivity index (χ2v) is 3.82. The molecule has 0 aliphatic heterocycles. The fourth-order valence-electron chi connectivity index (χ4n) is 1.47. The smallest absolute Gasteiger partial charge is 0.143 e. The highest BCUT2D eigenvalue weighted by atomic mass is 16.4.